The number of benzene rings is 1. The fraction of sp³-hybridized carbons (Fsp3) is 0.455. The van der Waals surface area contributed by atoms with Gasteiger partial charge in [0.25, 0.3) is 0 Å². The number of carbonyl (C=O) groups excluding carboxylic acids is 1. The highest BCUT2D eigenvalue weighted by Gasteiger charge is 2.24. The van der Waals surface area contributed by atoms with Crippen LogP contribution in [0.5, 0.6) is 11.5 Å². The molecule has 2 aromatic rings. The number of rotatable bonds is 6. The largest absolute Gasteiger partial charge is 0.490 e. The molecule has 1 aromatic heterocycles. The van der Waals surface area contributed by atoms with Crippen molar-refractivity contribution < 1.29 is 19.0 Å². The monoisotopic (exact) mass is 416 g/mol. The van der Waals surface area contributed by atoms with Crippen LogP contribution in [-0.4, -0.2) is 49.8 Å². The van der Waals surface area contributed by atoms with E-state index in [1.165, 1.54) is 0 Å². The van der Waals surface area contributed by atoms with Gasteiger partial charge in [-0.25, -0.2) is 4.98 Å². The highest BCUT2D eigenvalue weighted by Crippen LogP contribution is 2.27. The summed E-state index contributed by atoms with van der Waals surface area (Å²) in [7, 11) is 0. The minimum atomic E-state index is 0.122. The van der Waals surface area contributed by atoms with Crippen LogP contribution in [0.15, 0.2) is 36.5 Å². The van der Waals surface area contributed by atoms with E-state index in [9.17, 15) is 4.79 Å². The molecule has 2 aliphatic rings. The number of hydrogen-bond acceptors (Lipinski definition) is 6. The number of aldehydes is 1. The molecule has 0 unspecified atom stereocenters. The Morgan fingerprint density at radius 3 is 2.34 bits per heavy atom. The van der Waals surface area contributed by atoms with Crippen molar-refractivity contribution in [3.63, 3.8) is 0 Å². The smallest absolute Gasteiger partial charge is 0.153 e. The molecule has 4 rings (SSSR count). The number of piperidine rings is 1. The Hall–Kier alpha value is -2.31. The topological polar surface area (TPSA) is 60.9 Å². The number of pyridine rings is 1. The lowest BCUT2D eigenvalue weighted by Gasteiger charge is -2.33. The van der Waals surface area contributed by atoms with Gasteiger partial charge in [0.15, 0.2) is 6.29 Å². The average molecular weight is 417 g/mol. The van der Waals surface area contributed by atoms with Crippen LogP contribution in [-0.2, 0) is 4.74 Å². The summed E-state index contributed by atoms with van der Waals surface area (Å²) in [5.41, 5.74) is 0.562. The Morgan fingerprint density at radius 2 is 1.66 bits per heavy atom. The molecule has 0 amide bonds. The van der Waals surface area contributed by atoms with Crippen LogP contribution < -0.4 is 14.4 Å². The van der Waals surface area contributed by atoms with Gasteiger partial charge in [0, 0.05) is 43.8 Å². The van der Waals surface area contributed by atoms with E-state index >= 15 is 0 Å². The second-order valence-electron chi connectivity index (χ2n) is 7.39. The summed E-state index contributed by atoms with van der Waals surface area (Å²) in [5, 5.41) is 0.698. The van der Waals surface area contributed by atoms with Gasteiger partial charge in [-0.05, 0) is 30.3 Å². The van der Waals surface area contributed by atoms with E-state index in [1.54, 1.807) is 12.3 Å². The van der Waals surface area contributed by atoms with Gasteiger partial charge in [-0.2, -0.15) is 0 Å². The summed E-state index contributed by atoms with van der Waals surface area (Å²) in [5.74, 6) is 2.18. The van der Waals surface area contributed by atoms with Crippen molar-refractivity contribution in [2.45, 2.75) is 37.9 Å². The zero-order chi connectivity index (χ0) is 20.1. The SMILES string of the molecule is O=Cc1cc(OC2CCOCC2)cnc1N1CCC(Oc2ccc(Cl)cc2)CC1. The number of halogens is 1. The van der Waals surface area contributed by atoms with Gasteiger partial charge in [0.05, 0.1) is 25.0 Å². The molecule has 3 heterocycles. The van der Waals surface area contributed by atoms with Crippen LogP contribution in [0.2, 0.25) is 5.02 Å². The quantitative estimate of drug-likeness (QED) is 0.659. The summed E-state index contributed by atoms with van der Waals surface area (Å²) in [6.45, 7) is 2.99. The molecular formula is C22H25ClN2O4. The first-order chi connectivity index (χ1) is 14.2. The van der Waals surface area contributed by atoms with E-state index in [2.05, 4.69) is 9.88 Å². The molecule has 2 saturated heterocycles. The summed E-state index contributed by atoms with van der Waals surface area (Å²) in [6.07, 6.45) is 6.29. The number of nitrogens with zero attached hydrogens (tertiary/aromatic N) is 2. The third-order valence-electron chi connectivity index (χ3n) is 5.33. The van der Waals surface area contributed by atoms with Gasteiger partial charge < -0.3 is 19.1 Å². The van der Waals surface area contributed by atoms with Crippen LogP contribution in [0.3, 0.4) is 0 Å². The fourth-order valence-corrected chi connectivity index (χ4v) is 3.87. The highest BCUT2D eigenvalue weighted by atomic mass is 35.5. The van der Waals surface area contributed by atoms with Crippen molar-refractivity contribution in [2.75, 3.05) is 31.2 Å². The summed E-state index contributed by atoms with van der Waals surface area (Å²) >= 11 is 5.92. The minimum Gasteiger partial charge on any atom is -0.490 e. The van der Waals surface area contributed by atoms with Gasteiger partial charge in [-0.15, -0.1) is 0 Å². The van der Waals surface area contributed by atoms with Crippen molar-refractivity contribution in [1.82, 2.24) is 4.98 Å². The molecule has 0 bridgehead atoms. The maximum Gasteiger partial charge on any atom is 0.153 e. The molecule has 0 aliphatic carbocycles. The van der Waals surface area contributed by atoms with E-state index in [0.717, 1.165) is 50.8 Å². The molecule has 2 aliphatic heterocycles. The third kappa shape index (κ3) is 5.19. The fourth-order valence-electron chi connectivity index (χ4n) is 3.75. The van der Waals surface area contributed by atoms with E-state index in [4.69, 9.17) is 25.8 Å². The second kappa shape index (κ2) is 9.46. The molecule has 0 atom stereocenters. The molecule has 29 heavy (non-hydrogen) atoms. The molecule has 6 nitrogen and oxygen atoms in total. The van der Waals surface area contributed by atoms with Gasteiger partial charge in [0.2, 0.25) is 0 Å². The Labute approximate surface area is 175 Å². The van der Waals surface area contributed by atoms with Gasteiger partial charge >= 0.3 is 0 Å². The Balaban J connectivity index is 1.35. The minimum absolute atomic E-state index is 0.122. The highest BCUT2D eigenvalue weighted by molar-refractivity contribution is 6.30. The molecular weight excluding hydrogens is 392 g/mol. The molecule has 7 heteroatoms. The summed E-state index contributed by atoms with van der Waals surface area (Å²) < 4.78 is 17.4. The zero-order valence-corrected chi connectivity index (χ0v) is 17.0. The standard InChI is InChI=1S/C22H25ClN2O4/c23-17-1-3-18(4-2-17)28-19-5-9-25(10-6-19)22-16(15-26)13-21(14-24-22)29-20-7-11-27-12-8-20/h1-4,13-15,19-20H,5-12H2. The van der Waals surface area contributed by atoms with Crippen molar-refractivity contribution in [3.05, 3.63) is 47.1 Å². The first-order valence-electron chi connectivity index (χ1n) is 10.1. The van der Waals surface area contributed by atoms with Crippen molar-refractivity contribution in [1.29, 1.82) is 0 Å². The first-order valence-corrected chi connectivity index (χ1v) is 10.5. The Morgan fingerprint density at radius 1 is 1.00 bits per heavy atom. The van der Waals surface area contributed by atoms with Crippen LogP contribution >= 0.6 is 11.6 Å². The van der Waals surface area contributed by atoms with E-state index in [-0.39, 0.29) is 12.2 Å². The molecule has 0 radical (unpaired) electrons. The van der Waals surface area contributed by atoms with Crippen LogP contribution in [0.1, 0.15) is 36.0 Å². The molecule has 1 aromatic carbocycles. The van der Waals surface area contributed by atoms with Gasteiger partial charge in [-0.1, -0.05) is 11.6 Å². The molecule has 0 saturated carbocycles. The zero-order valence-electron chi connectivity index (χ0n) is 16.3. The predicted molar refractivity (Wildman–Crippen MR) is 111 cm³/mol. The number of ether oxygens (including phenoxy) is 3. The van der Waals surface area contributed by atoms with Crippen molar-refractivity contribution in [2.24, 2.45) is 0 Å². The number of aromatic nitrogens is 1. The van der Waals surface area contributed by atoms with Crippen molar-refractivity contribution in [3.8, 4) is 11.5 Å². The normalized spacial score (nSPS) is 18.4. The summed E-state index contributed by atoms with van der Waals surface area (Å²) in [6, 6.07) is 9.23. The predicted octanol–water partition coefficient (Wildman–Crippen LogP) is 4.15. The number of hydrogen-bond donors (Lipinski definition) is 0. The van der Waals surface area contributed by atoms with E-state index < -0.39 is 0 Å². The second-order valence-corrected chi connectivity index (χ2v) is 7.83. The third-order valence-corrected chi connectivity index (χ3v) is 5.58. The molecule has 154 valence electrons. The van der Waals surface area contributed by atoms with Gasteiger partial charge in [-0.3, -0.25) is 4.79 Å². The average Bonchev–Trinajstić information content (AvgIpc) is 2.77. The molecule has 2 fully saturated rings. The Bertz CT molecular complexity index is 816. The van der Waals surface area contributed by atoms with Crippen LogP contribution in [0.25, 0.3) is 0 Å². The summed E-state index contributed by atoms with van der Waals surface area (Å²) in [4.78, 5) is 18.4. The Kier molecular flexibility index (Phi) is 6.52. The van der Waals surface area contributed by atoms with Gasteiger partial charge in [0.1, 0.15) is 29.5 Å². The maximum atomic E-state index is 11.7. The van der Waals surface area contributed by atoms with E-state index in [0.29, 0.717) is 35.4 Å². The number of carbonyl (C=O) groups is 1. The lowest BCUT2D eigenvalue weighted by molar-refractivity contribution is 0.0254. The van der Waals surface area contributed by atoms with Crippen LogP contribution in [0.4, 0.5) is 5.82 Å². The molecule has 0 N–H and O–H groups in total. The lowest BCUT2D eigenvalue weighted by atomic mass is 10.1. The van der Waals surface area contributed by atoms with E-state index in [1.807, 2.05) is 24.3 Å². The maximum absolute atomic E-state index is 11.7. The lowest BCUT2D eigenvalue weighted by Crippen LogP contribution is -2.39. The number of anilines is 1. The van der Waals surface area contributed by atoms with Crippen molar-refractivity contribution >= 4 is 23.7 Å². The molecule has 0 spiro atoms. The first kappa shape index (κ1) is 20.0. The van der Waals surface area contributed by atoms with Crippen LogP contribution in [0, 0.1) is 0 Å².